The molecule has 138 valence electrons. The molecule has 8 heteroatoms. The number of quaternary nitrogens is 1. The molecule has 7 nitrogen and oxygen atoms in total. The Balaban J connectivity index is 1.68. The minimum atomic E-state index is -3.51. The van der Waals surface area contributed by atoms with Gasteiger partial charge in [-0.1, -0.05) is 0 Å². The molecule has 2 fully saturated rings. The predicted octanol–water partition coefficient (Wildman–Crippen LogP) is -0.932. The molecular formula is C17H26N3O4S+. The summed E-state index contributed by atoms with van der Waals surface area (Å²) in [6.45, 7) is 8.23. The summed E-state index contributed by atoms with van der Waals surface area (Å²) in [4.78, 5) is 16.2. The van der Waals surface area contributed by atoms with E-state index in [0.29, 0.717) is 31.9 Å². The van der Waals surface area contributed by atoms with Gasteiger partial charge >= 0.3 is 0 Å². The lowest BCUT2D eigenvalue weighted by Crippen LogP contribution is -3.14. The molecule has 0 bridgehead atoms. The van der Waals surface area contributed by atoms with Gasteiger partial charge in [-0.2, -0.15) is 4.31 Å². The van der Waals surface area contributed by atoms with Gasteiger partial charge in [-0.05, 0) is 31.2 Å². The van der Waals surface area contributed by atoms with Gasteiger partial charge in [0.05, 0.1) is 50.8 Å². The SMILES string of the molecule is CC[NH+]1CCN(C(=O)c2ccc(S(=O)(=O)N3CCOCC3)cc2)CC1. The molecule has 1 aromatic carbocycles. The number of rotatable bonds is 4. The molecule has 2 saturated heterocycles. The van der Waals surface area contributed by atoms with Crippen LogP contribution in [0.3, 0.4) is 0 Å². The number of morpholine rings is 1. The van der Waals surface area contributed by atoms with Crippen LogP contribution >= 0.6 is 0 Å². The van der Waals surface area contributed by atoms with E-state index >= 15 is 0 Å². The smallest absolute Gasteiger partial charge is 0.254 e. The molecule has 0 unspecified atom stereocenters. The van der Waals surface area contributed by atoms with E-state index in [2.05, 4.69) is 6.92 Å². The zero-order chi connectivity index (χ0) is 17.9. The molecule has 0 aliphatic carbocycles. The van der Waals surface area contributed by atoms with Crippen molar-refractivity contribution >= 4 is 15.9 Å². The summed E-state index contributed by atoms with van der Waals surface area (Å²) >= 11 is 0. The third-order valence-corrected chi connectivity index (χ3v) is 6.88. The maximum Gasteiger partial charge on any atom is 0.254 e. The summed E-state index contributed by atoms with van der Waals surface area (Å²) in [6, 6.07) is 6.31. The monoisotopic (exact) mass is 368 g/mol. The van der Waals surface area contributed by atoms with Crippen LogP contribution in [0.1, 0.15) is 17.3 Å². The second-order valence-electron chi connectivity index (χ2n) is 6.44. The standard InChI is InChI=1S/C17H25N3O4S/c1-2-18-7-9-19(10-8-18)17(21)15-3-5-16(6-4-15)25(22,23)20-11-13-24-14-12-20/h3-6H,2,7-14H2,1H3/p+1. The van der Waals surface area contributed by atoms with E-state index in [4.69, 9.17) is 4.74 Å². The molecule has 2 heterocycles. The first-order chi connectivity index (χ1) is 12.0. The van der Waals surface area contributed by atoms with E-state index in [0.717, 1.165) is 32.7 Å². The van der Waals surface area contributed by atoms with Crippen molar-refractivity contribution in [3.63, 3.8) is 0 Å². The van der Waals surface area contributed by atoms with Gasteiger partial charge in [0, 0.05) is 18.7 Å². The van der Waals surface area contributed by atoms with Crippen LogP contribution < -0.4 is 4.90 Å². The molecule has 3 rings (SSSR count). The van der Waals surface area contributed by atoms with Crippen LogP contribution in [0.2, 0.25) is 0 Å². The van der Waals surface area contributed by atoms with Gasteiger partial charge < -0.3 is 14.5 Å². The highest BCUT2D eigenvalue weighted by Gasteiger charge is 2.27. The summed E-state index contributed by atoms with van der Waals surface area (Å²) in [5.74, 6) is -0.0227. The first-order valence-corrected chi connectivity index (χ1v) is 10.3. The number of benzene rings is 1. The Morgan fingerprint density at radius 2 is 1.68 bits per heavy atom. The molecule has 1 N–H and O–H groups in total. The fourth-order valence-electron chi connectivity index (χ4n) is 3.27. The minimum absolute atomic E-state index is 0.0227. The van der Waals surface area contributed by atoms with Crippen molar-refractivity contribution in [1.29, 1.82) is 0 Å². The van der Waals surface area contributed by atoms with E-state index in [1.807, 2.05) is 4.90 Å². The molecule has 2 aliphatic rings. The zero-order valence-electron chi connectivity index (χ0n) is 14.6. The average Bonchev–Trinajstić information content (AvgIpc) is 2.68. The number of nitrogens with one attached hydrogen (secondary N) is 1. The van der Waals surface area contributed by atoms with Gasteiger partial charge in [0.25, 0.3) is 5.91 Å². The molecule has 1 aromatic rings. The number of nitrogens with zero attached hydrogens (tertiary/aromatic N) is 2. The lowest BCUT2D eigenvalue weighted by molar-refractivity contribution is -0.902. The number of piperazine rings is 1. The number of carbonyl (C=O) groups is 1. The predicted molar refractivity (Wildman–Crippen MR) is 93.2 cm³/mol. The summed E-state index contributed by atoms with van der Waals surface area (Å²) < 4.78 is 31.9. The zero-order valence-corrected chi connectivity index (χ0v) is 15.4. The highest BCUT2D eigenvalue weighted by Crippen LogP contribution is 2.18. The first kappa shape index (κ1) is 18.3. The Morgan fingerprint density at radius 1 is 1.08 bits per heavy atom. The fourth-order valence-corrected chi connectivity index (χ4v) is 4.68. The summed E-state index contributed by atoms with van der Waals surface area (Å²) in [5, 5.41) is 0. The number of hydrogen-bond donors (Lipinski definition) is 1. The number of sulfonamides is 1. The van der Waals surface area contributed by atoms with Gasteiger partial charge in [0.2, 0.25) is 10.0 Å². The second kappa shape index (κ2) is 7.82. The van der Waals surface area contributed by atoms with Crippen molar-refractivity contribution < 1.29 is 22.8 Å². The maximum absolute atomic E-state index is 12.6. The van der Waals surface area contributed by atoms with Gasteiger partial charge in [-0.25, -0.2) is 8.42 Å². The van der Waals surface area contributed by atoms with Crippen molar-refractivity contribution in [2.75, 3.05) is 59.0 Å². The van der Waals surface area contributed by atoms with Crippen LogP contribution in [-0.2, 0) is 14.8 Å². The van der Waals surface area contributed by atoms with Gasteiger partial charge in [0.1, 0.15) is 0 Å². The van der Waals surface area contributed by atoms with Crippen LogP contribution in [-0.4, -0.2) is 82.6 Å². The van der Waals surface area contributed by atoms with E-state index < -0.39 is 10.0 Å². The number of carbonyl (C=O) groups excluding carboxylic acids is 1. The molecule has 0 spiro atoms. The Morgan fingerprint density at radius 3 is 2.24 bits per heavy atom. The molecule has 0 saturated carbocycles. The van der Waals surface area contributed by atoms with Crippen molar-refractivity contribution in [3.8, 4) is 0 Å². The molecular weight excluding hydrogens is 342 g/mol. The fraction of sp³-hybridized carbons (Fsp3) is 0.588. The van der Waals surface area contributed by atoms with E-state index in [1.54, 1.807) is 12.1 Å². The van der Waals surface area contributed by atoms with E-state index in [9.17, 15) is 13.2 Å². The quantitative estimate of drug-likeness (QED) is 0.745. The molecule has 25 heavy (non-hydrogen) atoms. The van der Waals surface area contributed by atoms with Crippen LogP contribution in [0.4, 0.5) is 0 Å². The van der Waals surface area contributed by atoms with Crippen molar-refractivity contribution in [2.24, 2.45) is 0 Å². The number of amides is 1. The van der Waals surface area contributed by atoms with Gasteiger partial charge in [-0.15, -0.1) is 0 Å². The van der Waals surface area contributed by atoms with Crippen LogP contribution in [0, 0.1) is 0 Å². The summed E-state index contributed by atoms with van der Waals surface area (Å²) in [6.07, 6.45) is 0. The molecule has 1 amide bonds. The molecule has 0 aromatic heterocycles. The molecule has 0 atom stereocenters. The number of likely N-dealkylation sites (N-methyl/N-ethyl adjacent to an activating group) is 1. The Kier molecular flexibility index (Phi) is 5.73. The van der Waals surface area contributed by atoms with E-state index in [1.165, 1.54) is 21.3 Å². The number of ether oxygens (including phenoxy) is 1. The first-order valence-electron chi connectivity index (χ1n) is 8.83. The van der Waals surface area contributed by atoms with Crippen molar-refractivity contribution in [1.82, 2.24) is 9.21 Å². The molecule has 0 radical (unpaired) electrons. The lowest BCUT2D eigenvalue weighted by Gasteiger charge is -2.31. The largest absolute Gasteiger partial charge is 0.379 e. The average molecular weight is 368 g/mol. The minimum Gasteiger partial charge on any atom is -0.379 e. The highest BCUT2D eigenvalue weighted by atomic mass is 32.2. The van der Waals surface area contributed by atoms with Gasteiger partial charge in [0.15, 0.2) is 0 Å². The van der Waals surface area contributed by atoms with Crippen molar-refractivity contribution in [2.45, 2.75) is 11.8 Å². The normalized spacial score (nSPS) is 20.6. The number of hydrogen-bond acceptors (Lipinski definition) is 4. The second-order valence-corrected chi connectivity index (χ2v) is 8.37. The van der Waals surface area contributed by atoms with Crippen LogP contribution in [0.25, 0.3) is 0 Å². The summed E-state index contributed by atoms with van der Waals surface area (Å²) in [5.41, 5.74) is 0.542. The Bertz CT molecular complexity index is 691. The van der Waals surface area contributed by atoms with E-state index in [-0.39, 0.29) is 10.8 Å². The van der Waals surface area contributed by atoms with Gasteiger partial charge in [-0.3, -0.25) is 4.79 Å². The highest BCUT2D eigenvalue weighted by molar-refractivity contribution is 7.89. The molecule has 2 aliphatic heterocycles. The van der Waals surface area contributed by atoms with Crippen LogP contribution in [0.15, 0.2) is 29.2 Å². The Hall–Kier alpha value is -1.48. The third-order valence-electron chi connectivity index (χ3n) is 4.97. The van der Waals surface area contributed by atoms with Crippen LogP contribution in [0.5, 0.6) is 0 Å². The third kappa shape index (κ3) is 4.03. The Labute approximate surface area is 149 Å². The lowest BCUT2D eigenvalue weighted by atomic mass is 10.2. The van der Waals surface area contributed by atoms with Crippen molar-refractivity contribution in [3.05, 3.63) is 29.8 Å². The summed E-state index contributed by atoms with van der Waals surface area (Å²) in [7, 11) is -3.51. The maximum atomic E-state index is 12.6. The topological polar surface area (TPSA) is 71.4 Å².